The molecule has 9 heteroatoms. The fourth-order valence-electron chi connectivity index (χ4n) is 3.04. The van der Waals surface area contributed by atoms with E-state index in [2.05, 4.69) is 25.8 Å². The highest BCUT2D eigenvalue weighted by atomic mass is 32.1. The predicted octanol–water partition coefficient (Wildman–Crippen LogP) is 0.943. The van der Waals surface area contributed by atoms with E-state index in [1.807, 2.05) is 29.1 Å². The quantitative estimate of drug-likeness (QED) is 0.726. The standard InChI is InChI=1S/C17H20N6OS2/c24-15(12-23-8-5-18-6-9-23)21-14-3-4-20-17(22-14,13-2-1-10-25-13)16-19-7-11-26-16/h1-4,7,10-11,18,20H,5-6,8-9,12H2,(H,21,22,24). The molecule has 4 rings (SSSR count). The van der Waals surface area contributed by atoms with Gasteiger partial charge >= 0.3 is 0 Å². The highest BCUT2D eigenvalue weighted by Gasteiger charge is 2.38. The van der Waals surface area contributed by atoms with Gasteiger partial charge in [-0.2, -0.15) is 0 Å². The van der Waals surface area contributed by atoms with Crippen molar-refractivity contribution in [3.63, 3.8) is 0 Å². The van der Waals surface area contributed by atoms with Crippen molar-refractivity contribution in [3.05, 3.63) is 51.3 Å². The maximum atomic E-state index is 12.4. The van der Waals surface area contributed by atoms with Gasteiger partial charge in [-0.05, 0) is 17.5 Å². The number of piperazine rings is 1. The van der Waals surface area contributed by atoms with Crippen LogP contribution >= 0.6 is 22.7 Å². The lowest BCUT2D eigenvalue weighted by molar-refractivity contribution is -0.120. The minimum absolute atomic E-state index is 0.0450. The summed E-state index contributed by atoms with van der Waals surface area (Å²) in [5.41, 5.74) is -0.783. The number of thiazole rings is 1. The second kappa shape index (κ2) is 7.67. The molecule has 1 fully saturated rings. The van der Waals surface area contributed by atoms with E-state index in [1.165, 1.54) is 0 Å². The molecule has 2 aromatic heterocycles. The molecule has 26 heavy (non-hydrogen) atoms. The molecule has 1 amide bonds. The highest BCUT2D eigenvalue weighted by molar-refractivity contribution is 7.11. The monoisotopic (exact) mass is 388 g/mol. The summed E-state index contributed by atoms with van der Waals surface area (Å²) in [6.45, 7) is 3.99. The van der Waals surface area contributed by atoms with Gasteiger partial charge in [-0.3, -0.25) is 9.69 Å². The molecule has 0 bridgehead atoms. The fourth-order valence-corrected chi connectivity index (χ4v) is 4.70. The number of hydrogen-bond acceptors (Lipinski definition) is 8. The molecule has 2 aliphatic rings. The van der Waals surface area contributed by atoms with Crippen molar-refractivity contribution in [2.24, 2.45) is 4.99 Å². The molecule has 0 spiro atoms. The average molecular weight is 389 g/mol. The van der Waals surface area contributed by atoms with Gasteiger partial charge in [0.25, 0.3) is 0 Å². The summed E-state index contributed by atoms with van der Waals surface area (Å²) in [7, 11) is 0. The number of nitrogens with zero attached hydrogens (tertiary/aromatic N) is 3. The Morgan fingerprint density at radius 1 is 1.31 bits per heavy atom. The zero-order chi connectivity index (χ0) is 17.8. The van der Waals surface area contributed by atoms with Crippen LogP contribution in [0.2, 0.25) is 0 Å². The lowest BCUT2D eigenvalue weighted by Crippen LogP contribution is -2.49. The van der Waals surface area contributed by atoms with Crippen molar-refractivity contribution in [2.75, 3.05) is 32.7 Å². The number of thiophene rings is 1. The van der Waals surface area contributed by atoms with Crippen LogP contribution in [-0.4, -0.2) is 54.4 Å². The molecule has 136 valence electrons. The van der Waals surface area contributed by atoms with E-state index in [0.29, 0.717) is 12.4 Å². The first-order chi connectivity index (χ1) is 12.8. The Kier molecular flexibility index (Phi) is 5.11. The van der Waals surface area contributed by atoms with E-state index in [-0.39, 0.29) is 5.91 Å². The van der Waals surface area contributed by atoms with Crippen LogP contribution in [0.1, 0.15) is 9.88 Å². The molecule has 0 aliphatic carbocycles. The van der Waals surface area contributed by atoms with Gasteiger partial charge in [0.15, 0.2) is 0 Å². The second-order valence-electron chi connectivity index (χ2n) is 6.07. The number of hydrogen-bond donors (Lipinski definition) is 3. The Hall–Kier alpha value is -2.07. The molecular formula is C17H20N6OS2. The van der Waals surface area contributed by atoms with Crippen LogP contribution in [0.25, 0.3) is 0 Å². The number of carbonyl (C=O) groups excluding carboxylic acids is 1. The smallest absolute Gasteiger partial charge is 0.239 e. The minimum atomic E-state index is -0.783. The SMILES string of the molecule is O=C(CN1CCNCC1)NC1=NC(c2cccs2)(c2nccs2)NC=C1. The zero-order valence-corrected chi connectivity index (χ0v) is 15.8. The Morgan fingerprint density at radius 3 is 2.92 bits per heavy atom. The third kappa shape index (κ3) is 3.56. The Bertz CT molecular complexity index is 759. The van der Waals surface area contributed by atoms with E-state index < -0.39 is 5.66 Å². The first kappa shape index (κ1) is 17.3. The largest absolute Gasteiger partial charge is 0.357 e. The number of aromatic nitrogens is 1. The van der Waals surface area contributed by atoms with E-state index in [4.69, 9.17) is 4.99 Å². The molecule has 0 radical (unpaired) electrons. The summed E-state index contributed by atoms with van der Waals surface area (Å²) in [5, 5.41) is 14.4. The number of aliphatic imine (C=N–C) groups is 1. The minimum Gasteiger partial charge on any atom is -0.357 e. The summed E-state index contributed by atoms with van der Waals surface area (Å²) >= 11 is 3.15. The van der Waals surface area contributed by atoms with Crippen molar-refractivity contribution in [1.82, 2.24) is 25.8 Å². The van der Waals surface area contributed by atoms with Crippen LogP contribution in [0.4, 0.5) is 0 Å². The summed E-state index contributed by atoms with van der Waals surface area (Å²) in [6, 6.07) is 4.02. The average Bonchev–Trinajstić information content (AvgIpc) is 3.37. The van der Waals surface area contributed by atoms with Gasteiger partial charge in [-0.1, -0.05) is 6.07 Å². The maximum absolute atomic E-state index is 12.4. The molecule has 1 unspecified atom stereocenters. The van der Waals surface area contributed by atoms with Crippen molar-refractivity contribution < 1.29 is 4.79 Å². The second-order valence-corrected chi connectivity index (χ2v) is 7.92. The Balaban J connectivity index is 1.55. The summed E-state index contributed by atoms with van der Waals surface area (Å²) in [6.07, 6.45) is 5.39. The topological polar surface area (TPSA) is 81.7 Å². The number of carbonyl (C=O) groups is 1. The van der Waals surface area contributed by atoms with Gasteiger partial charge < -0.3 is 16.0 Å². The number of rotatable bonds is 4. The number of nitrogens with one attached hydrogen (secondary N) is 3. The van der Waals surface area contributed by atoms with Crippen molar-refractivity contribution in [1.29, 1.82) is 0 Å². The molecule has 1 saturated heterocycles. The van der Waals surface area contributed by atoms with Crippen molar-refractivity contribution >= 4 is 34.4 Å². The molecule has 4 heterocycles. The number of amides is 1. The van der Waals surface area contributed by atoms with Gasteiger partial charge in [-0.25, -0.2) is 9.98 Å². The summed E-state index contributed by atoms with van der Waals surface area (Å²) < 4.78 is 0. The van der Waals surface area contributed by atoms with E-state index in [0.717, 1.165) is 36.1 Å². The molecule has 2 aliphatic heterocycles. The highest BCUT2D eigenvalue weighted by Crippen LogP contribution is 2.36. The molecule has 7 nitrogen and oxygen atoms in total. The maximum Gasteiger partial charge on any atom is 0.239 e. The molecule has 0 saturated carbocycles. The lowest BCUT2D eigenvalue weighted by atomic mass is 10.1. The first-order valence-corrected chi connectivity index (χ1v) is 10.2. The summed E-state index contributed by atoms with van der Waals surface area (Å²) in [5.74, 6) is 0.504. The van der Waals surface area contributed by atoms with Crippen LogP contribution < -0.4 is 16.0 Å². The van der Waals surface area contributed by atoms with Crippen LogP contribution in [0.5, 0.6) is 0 Å². The van der Waals surface area contributed by atoms with E-state index in [1.54, 1.807) is 34.9 Å². The van der Waals surface area contributed by atoms with Gasteiger partial charge in [0.2, 0.25) is 11.6 Å². The first-order valence-electron chi connectivity index (χ1n) is 8.47. The predicted molar refractivity (Wildman–Crippen MR) is 104 cm³/mol. The van der Waals surface area contributed by atoms with Crippen LogP contribution in [0.15, 0.2) is 46.4 Å². The molecule has 0 aromatic carbocycles. The van der Waals surface area contributed by atoms with Gasteiger partial charge in [-0.15, -0.1) is 22.7 Å². The molecule has 3 N–H and O–H groups in total. The lowest BCUT2D eigenvalue weighted by Gasteiger charge is -2.31. The van der Waals surface area contributed by atoms with Crippen LogP contribution in [0.3, 0.4) is 0 Å². The normalized spacial score (nSPS) is 23.3. The van der Waals surface area contributed by atoms with Gasteiger partial charge in [0.1, 0.15) is 10.8 Å². The summed E-state index contributed by atoms with van der Waals surface area (Å²) in [4.78, 5) is 24.9. The molecule has 2 aromatic rings. The number of amidine groups is 1. The van der Waals surface area contributed by atoms with Crippen LogP contribution in [-0.2, 0) is 10.5 Å². The van der Waals surface area contributed by atoms with Gasteiger partial charge in [0.05, 0.1) is 11.4 Å². The molecule has 1 atom stereocenters. The van der Waals surface area contributed by atoms with E-state index in [9.17, 15) is 4.79 Å². The van der Waals surface area contributed by atoms with Crippen LogP contribution in [0, 0.1) is 0 Å². The third-order valence-corrected chi connectivity index (χ3v) is 6.15. The van der Waals surface area contributed by atoms with Crippen molar-refractivity contribution in [3.8, 4) is 0 Å². The molecular weight excluding hydrogens is 368 g/mol. The third-order valence-electron chi connectivity index (χ3n) is 4.29. The Labute approximate surface area is 159 Å². The fraction of sp³-hybridized carbons (Fsp3) is 0.353. The van der Waals surface area contributed by atoms with Gasteiger partial charge in [0, 0.05) is 44.0 Å². The van der Waals surface area contributed by atoms with Crippen molar-refractivity contribution in [2.45, 2.75) is 5.66 Å². The Morgan fingerprint density at radius 2 is 2.19 bits per heavy atom. The zero-order valence-electron chi connectivity index (χ0n) is 14.1. The van der Waals surface area contributed by atoms with E-state index >= 15 is 0 Å².